The average Bonchev–Trinajstić information content (AvgIpc) is 3.52. The van der Waals surface area contributed by atoms with Gasteiger partial charge in [-0.2, -0.15) is 0 Å². The van der Waals surface area contributed by atoms with E-state index in [4.69, 9.17) is 11.1 Å². The van der Waals surface area contributed by atoms with Crippen molar-refractivity contribution in [2.45, 2.75) is 6.42 Å². The van der Waals surface area contributed by atoms with Gasteiger partial charge < -0.3 is 30.8 Å². The van der Waals surface area contributed by atoms with Crippen LogP contribution in [0.4, 0.5) is 16.5 Å². The normalized spacial score (nSPS) is 10.2. The number of aryl methyl sites for hydroxylation is 2. The molecular formula is C22H25BrClN9O4S. The molecule has 3 aromatic rings. The molecule has 0 fully saturated rings. The molecule has 3 rings (SSSR count). The number of hydrogen-bond acceptors (Lipinski definition) is 7. The van der Waals surface area contributed by atoms with Crippen LogP contribution in [0, 0.1) is 5.41 Å². The smallest absolute Gasteiger partial charge is 0.275 e. The van der Waals surface area contributed by atoms with Crippen LogP contribution in [0.2, 0.25) is 0 Å². The van der Waals surface area contributed by atoms with Crippen molar-refractivity contribution in [2.75, 3.05) is 22.5 Å². The molecule has 0 bridgehead atoms. The molecule has 0 aliphatic carbocycles. The SMILES string of the molecule is C=C(Br)C(=O)Nc1nc(C(=O)Nc2cc(C(=O)Nc3cc(C(=O)NCCC(=N)N)n(C)c3)n(C)c2)cs1.Cl. The Kier molecular flexibility index (Phi) is 10.4. The number of nitrogens with two attached hydrogens (primary N) is 1. The van der Waals surface area contributed by atoms with E-state index in [1.54, 1.807) is 31.1 Å². The van der Waals surface area contributed by atoms with E-state index in [0.29, 0.717) is 17.1 Å². The number of halogens is 2. The van der Waals surface area contributed by atoms with Gasteiger partial charge in [0.2, 0.25) is 0 Å². The van der Waals surface area contributed by atoms with Crippen LogP contribution >= 0.6 is 39.7 Å². The van der Waals surface area contributed by atoms with Crippen LogP contribution in [-0.4, -0.2) is 50.1 Å². The minimum atomic E-state index is -0.518. The summed E-state index contributed by atoms with van der Waals surface area (Å²) >= 11 is 4.05. The summed E-state index contributed by atoms with van der Waals surface area (Å²) in [5, 5.41) is 19.5. The van der Waals surface area contributed by atoms with Gasteiger partial charge in [-0.1, -0.05) is 6.58 Å². The average molecular weight is 627 g/mol. The molecule has 202 valence electrons. The topological polar surface area (TPSA) is 189 Å². The zero-order valence-corrected chi connectivity index (χ0v) is 23.5. The second-order valence-corrected chi connectivity index (χ2v) is 9.60. The van der Waals surface area contributed by atoms with Crippen molar-refractivity contribution in [3.63, 3.8) is 0 Å². The lowest BCUT2D eigenvalue weighted by molar-refractivity contribution is -0.112. The molecule has 3 aromatic heterocycles. The number of amidine groups is 1. The molecule has 13 nitrogen and oxygen atoms in total. The number of aromatic nitrogens is 3. The zero-order chi connectivity index (χ0) is 27.3. The highest BCUT2D eigenvalue weighted by molar-refractivity contribution is 9.12. The Labute approximate surface area is 235 Å². The van der Waals surface area contributed by atoms with E-state index < -0.39 is 17.7 Å². The summed E-state index contributed by atoms with van der Waals surface area (Å²) in [5.74, 6) is -1.84. The second kappa shape index (κ2) is 13.0. The summed E-state index contributed by atoms with van der Waals surface area (Å²) < 4.78 is 3.23. The first-order valence-electron chi connectivity index (χ1n) is 10.6. The second-order valence-electron chi connectivity index (χ2n) is 7.79. The number of anilines is 3. The van der Waals surface area contributed by atoms with Crippen molar-refractivity contribution in [1.82, 2.24) is 19.4 Å². The first-order valence-corrected chi connectivity index (χ1v) is 12.3. The van der Waals surface area contributed by atoms with Gasteiger partial charge in [-0.15, -0.1) is 23.7 Å². The Balaban J connectivity index is 0.00000507. The van der Waals surface area contributed by atoms with Crippen LogP contribution in [0.15, 0.2) is 41.0 Å². The Hall–Kier alpha value is -3.95. The number of carbonyl (C=O) groups excluding carboxylic acids is 4. The van der Waals surface area contributed by atoms with E-state index in [1.807, 2.05) is 0 Å². The van der Waals surface area contributed by atoms with Gasteiger partial charge in [0.15, 0.2) is 5.13 Å². The van der Waals surface area contributed by atoms with Crippen LogP contribution in [0.25, 0.3) is 0 Å². The lowest BCUT2D eigenvalue weighted by Crippen LogP contribution is -2.28. The summed E-state index contributed by atoms with van der Waals surface area (Å²) in [4.78, 5) is 53.5. The molecule has 4 amide bonds. The van der Waals surface area contributed by atoms with Crippen molar-refractivity contribution in [3.8, 4) is 0 Å². The fourth-order valence-electron chi connectivity index (χ4n) is 3.11. The van der Waals surface area contributed by atoms with Gasteiger partial charge in [0.05, 0.1) is 21.7 Å². The number of carbonyl (C=O) groups is 4. The van der Waals surface area contributed by atoms with E-state index in [-0.39, 0.29) is 58.1 Å². The molecule has 0 aromatic carbocycles. The molecule has 7 N–H and O–H groups in total. The zero-order valence-electron chi connectivity index (χ0n) is 20.3. The predicted molar refractivity (Wildman–Crippen MR) is 152 cm³/mol. The Morgan fingerprint density at radius 2 is 1.58 bits per heavy atom. The number of hydrogen-bond donors (Lipinski definition) is 6. The number of nitrogens with zero attached hydrogens (tertiary/aromatic N) is 3. The van der Waals surface area contributed by atoms with Crippen LogP contribution in [0.1, 0.15) is 37.9 Å². The summed E-state index contributed by atoms with van der Waals surface area (Å²) in [6.45, 7) is 3.69. The summed E-state index contributed by atoms with van der Waals surface area (Å²) in [5.41, 5.74) is 6.72. The molecule has 16 heteroatoms. The summed E-state index contributed by atoms with van der Waals surface area (Å²) in [6.07, 6.45) is 3.39. The minimum Gasteiger partial charge on any atom is -0.388 e. The fourth-order valence-corrected chi connectivity index (χ4v) is 3.89. The maximum atomic E-state index is 12.8. The third-order valence-corrected chi connectivity index (χ3v) is 5.99. The molecule has 0 saturated heterocycles. The van der Waals surface area contributed by atoms with Crippen LogP contribution in [0.5, 0.6) is 0 Å². The lowest BCUT2D eigenvalue weighted by Gasteiger charge is -2.04. The Morgan fingerprint density at radius 1 is 1.03 bits per heavy atom. The summed E-state index contributed by atoms with van der Waals surface area (Å²) in [7, 11) is 3.31. The molecule has 3 heterocycles. The molecule has 0 aliphatic heterocycles. The van der Waals surface area contributed by atoms with Crippen molar-refractivity contribution < 1.29 is 19.2 Å². The maximum absolute atomic E-state index is 12.8. The van der Waals surface area contributed by atoms with Crippen molar-refractivity contribution in [3.05, 3.63) is 58.0 Å². The van der Waals surface area contributed by atoms with Gasteiger partial charge in [-0.3, -0.25) is 29.9 Å². The van der Waals surface area contributed by atoms with Crippen molar-refractivity contribution >= 4 is 85.6 Å². The van der Waals surface area contributed by atoms with Crippen molar-refractivity contribution in [1.29, 1.82) is 5.41 Å². The Bertz CT molecular complexity index is 1410. The molecule has 38 heavy (non-hydrogen) atoms. The van der Waals surface area contributed by atoms with Crippen LogP contribution < -0.4 is 27.0 Å². The van der Waals surface area contributed by atoms with E-state index in [1.165, 1.54) is 22.1 Å². The maximum Gasteiger partial charge on any atom is 0.275 e. The number of amides is 4. The molecule has 0 spiro atoms. The minimum absolute atomic E-state index is 0. The molecule has 0 radical (unpaired) electrons. The summed E-state index contributed by atoms with van der Waals surface area (Å²) in [6, 6.07) is 3.02. The third kappa shape index (κ3) is 7.77. The van der Waals surface area contributed by atoms with E-state index in [9.17, 15) is 19.2 Å². The highest BCUT2D eigenvalue weighted by atomic mass is 79.9. The van der Waals surface area contributed by atoms with Crippen LogP contribution in [0.3, 0.4) is 0 Å². The lowest BCUT2D eigenvalue weighted by atomic mass is 10.3. The van der Waals surface area contributed by atoms with Gasteiger partial charge in [-0.05, 0) is 28.1 Å². The Morgan fingerprint density at radius 3 is 2.13 bits per heavy atom. The molecule has 0 atom stereocenters. The first kappa shape index (κ1) is 30.3. The number of nitrogens with one attached hydrogen (secondary N) is 5. The van der Waals surface area contributed by atoms with Gasteiger partial charge in [0.25, 0.3) is 23.6 Å². The largest absolute Gasteiger partial charge is 0.388 e. The van der Waals surface area contributed by atoms with Crippen LogP contribution in [-0.2, 0) is 18.9 Å². The molecule has 0 aliphatic rings. The quantitative estimate of drug-likeness (QED) is 0.114. The van der Waals surface area contributed by atoms with E-state index in [0.717, 1.165) is 11.3 Å². The highest BCUT2D eigenvalue weighted by Gasteiger charge is 2.18. The van der Waals surface area contributed by atoms with Gasteiger partial charge in [0.1, 0.15) is 17.1 Å². The van der Waals surface area contributed by atoms with E-state index in [2.05, 4.69) is 48.8 Å². The predicted octanol–water partition coefficient (Wildman–Crippen LogP) is 2.65. The molecule has 0 unspecified atom stereocenters. The number of thiazole rings is 1. The third-order valence-electron chi connectivity index (χ3n) is 4.87. The standard InChI is InChI=1S/C22H24BrN9O4S.ClH/c1-11(23)18(33)30-22-29-14(10-37-22)19(34)27-12-7-16(32(3)8-12)21(36)28-13-6-15(31(2)9-13)20(35)26-5-4-17(24)25;/h6-10H,1,4-5H2,2-3H3,(H3,24,25)(H,26,35)(H,27,34)(H,28,36)(H,29,30,33);1H. The van der Waals surface area contributed by atoms with Gasteiger partial charge in [-0.25, -0.2) is 4.98 Å². The van der Waals surface area contributed by atoms with E-state index >= 15 is 0 Å². The monoisotopic (exact) mass is 625 g/mol. The van der Waals surface area contributed by atoms with Gasteiger partial charge in [0, 0.05) is 44.8 Å². The highest BCUT2D eigenvalue weighted by Crippen LogP contribution is 2.20. The van der Waals surface area contributed by atoms with Crippen molar-refractivity contribution in [2.24, 2.45) is 19.8 Å². The molecule has 0 saturated carbocycles. The number of rotatable bonds is 10. The fraction of sp³-hybridized carbons (Fsp3) is 0.182. The van der Waals surface area contributed by atoms with Gasteiger partial charge >= 0.3 is 0 Å². The first-order chi connectivity index (χ1) is 17.4. The molecular weight excluding hydrogens is 602 g/mol.